The van der Waals surface area contributed by atoms with E-state index in [1.54, 1.807) is 26.2 Å². The summed E-state index contributed by atoms with van der Waals surface area (Å²) in [6.45, 7) is 4.92. The van der Waals surface area contributed by atoms with E-state index < -0.39 is 12.4 Å². The fourth-order valence-electron chi connectivity index (χ4n) is 5.68. The quantitative estimate of drug-likeness (QED) is 0.248. The third kappa shape index (κ3) is 7.18. The van der Waals surface area contributed by atoms with Crippen molar-refractivity contribution in [2.75, 3.05) is 51.0 Å². The van der Waals surface area contributed by atoms with Crippen LogP contribution in [-0.2, 0) is 16.0 Å². The number of nitrogens with zero attached hydrogens (tertiary/aromatic N) is 3. The Morgan fingerprint density at radius 2 is 1.95 bits per heavy atom. The fourth-order valence-corrected chi connectivity index (χ4v) is 7.20. The maximum atomic E-state index is 14.2. The number of hydrogen-bond donors (Lipinski definition) is 4. The number of fused-ring (bicyclic) bond motifs is 1. The maximum absolute atomic E-state index is 14.2. The second-order valence-electron chi connectivity index (χ2n) is 10.5. The third-order valence-electron chi connectivity index (χ3n) is 7.76. The Hall–Kier alpha value is -3.04. The summed E-state index contributed by atoms with van der Waals surface area (Å²) in [5, 5.41) is 24.5. The Kier molecular flexibility index (Phi) is 10.1. The molecule has 40 heavy (non-hydrogen) atoms. The van der Waals surface area contributed by atoms with E-state index in [4.69, 9.17) is 10.5 Å². The molecular weight excluding hydrogens is 537 g/mol. The molecule has 1 fully saturated rings. The highest BCUT2D eigenvalue weighted by molar-refractivity contribution is 7.45. The number of piperidine rings is 1. The van der Waals surface area contributed by atoms with E-state index in [1.165, 1.54) is 0 Å². The first-order valence-electron chi connectivity index (χ1n) is 13.8. The van der Waals surface area contributed by atoms with Gasteiger partial charge < -0.3 is 30.7 Å². The van der Waals surface area contributed by atoms with Crippen LogP contribution in [0.2, 0.25) is 0 Å². The van der Waals surface area contributed by atoms with Crippen molar-refractivity contribution in [2.45, 2.75) is 51.5 Å². The van der Waals surface area contributed by atoms with Crippen molar-refractivity contribution < 1.29 is 23.5 Å². The Labute approximate surface area is 236 Å². The molecule has 1 amide bonds. The first-order valence-corrected chi connectivity index (χ1v) is 14.7. The fraction of sp³-hybridized carbons (Fsp3) is 0.536. The normalized spacial score (nSPS) is 19.4. The van der Waals surface area contributed by atoms with Crippen molar-refractivity contribution >= 4 is 38.1 Å². The summed E-state index contributed by atoms with van der Waals surface area (Å²) in [6, 6.07) is 3.62. The van der Waals surface area contributed by atoms with Gasteiger partial charge in [-0.2, -0.15) is 0 Å². The van der Waals surface area contributed by atoms with Crippen LogP contribution >= 0.6 is 8.73 Å². The number of likely N-dealkylation sites (tertiary alicyclic amines) is 1. The predicted molar refractivity (Wildman–Crippen MR) is 155 cm³/mol. The largest absolute Gasteiger partial charge is 0.480 e. The molecule has 9 nitrogen and oxygen atoms in total. The highest BCUT2D eigenvalue weighted by Gasteiger charge is 2.29. The zero-order chi connectivity index (χ0) is 28.8. The minimum absolute atomic E-state index is 0.0162. The summed E-state index contributed by atoms with van der Waals surface area (Å²) in [5.41, 5.74) is 3.60. The number of carbonyl (C=O) groups excluding carboxylic acids is 1. The number of hydrogen-bond acceptors (Lipinski definition) is 7. The van der Waals surface area contributed by atoms with Gasteiger partial charge in [-0.3, -0.25) is 14.5 Å². The number of aryl methyl sites for hydroxylation is 1. The average Bonchev–Trinajstić information content (AvgIpc) is 2.92. The minimum atomic E-state index is -2.68. The number of carboxylic acids is 1. The molecule has 0 radical (unpaired) electrons. The molecule has 1 aromatic carbocycles. The molecule has 0 bridgehead atoms. The lowest BCUT2D eigenvalue weighted by molar-refractivity contribution is -0.138. The van der Waals surface area contributed by atoms with Crippen LogP contribution in [0.3, 0.4) is 0 Å². The Morgan fingerprint density at radius 3 is 2.58 bits per heavy atom. The number of nitrogens with one attached hydrogen (secondary N) is 3. The highest BCUT2D eigenvalue weighted by Crippen LogP contribution is 2.44. The molecule has 4 N–H and O–H groups in total. The van der Waals surface area contributed by atoms with Crippen molar-refractivity contribution in [3.63, 3.8) is 0 Å². The molecule has 1 aromatic rings. The molecule has 0 aromatic heterocycles. The van der Waals surface area contributed by atoms with Crippen LogP contribution in [0.5, 0.6) is 0 Å². The molecule has 4 rings (SSSR count). The summed E-state index contributed by atoms with van der Waals surface area (Å²) in [5.74, 6) is -0.798. The number of carboxylic acid groups (broad SMARTS) is 1. The summed E-state index contributed by atoms with van der Waals surface area (Å²) in [6.07, 6.45) is 4.03. The van der Waals surface area contributed by atoms with E-state index >= 15 is 0 Å². The number of allylic oxidation sites excluding steroid dienone is 1. The van der Waals surface area contributed by atoms with Crippen molar-refractivity contribution in [3.05, 3.63) is 46.0 Å². The van der Waals surface area contributed by atoms with E-state index in [9.17, 15) is 18.4 Å². The zero-order valence-corrected chi connectivity index (χ0v) is 24.1. The van der Waals surface area contributed by atoms with Crippen molar-refractivity contribution in [2.24, 2.45) is 0 Å². The standard InChI is InChI=1S/C28H39F2N6O3P/c1-18(37)35-11-7-24(33-21-5-9-34(10-6-21)17-27(38)39)26(16-35)40-36-8-3-4-19-12-22(20(14-31)15-32-2)23(28(29)30)13-25(19)36/h12-15,21,28,31-33,40H,3-11,16-17H2,1-2H3,(H,38,39)/b20-15+,31-14?. The lowest BCUT2D eigenvalue weighted by Crippen LogP contribution is -2.45. The van der Waals surface area contributed by atoms with Crippen LogP contribution in [0.15, 0.2) is 29.3 Å². The first kappa shape index (κ1) is 29.9. The lowest BCUT2D eigenvalue weighted by atomic mass is 9.93. The van der Waals surface area contributed by atoms with Gasteiger partial charge >= 0.3 is 5.97 Å². The van der Waals surface area contributed by atoms with E-state index in [2.05, 4.69) is 15.3 Å². The number of anilines is 1. The van der Waals surface area contributed by atoms with E-state index in [0.717, 1.165) is 60.7 Å². The highest BCUT2D eigenvalue weighted by atomic mass is 31.1. The molecule has 3 heterocycles. The molecule has 0 spiro atoms. The molecule has 1 saturated heterocycles. The monoisotopic (exact) mass is 576 g/mol. The third-order valence-corrected chi connectivity index (χ3v) is 9.22. The van der Waals surface area contributed by atoms with Crippen LogP contribution in [0.1, 0.15) is 55.7 Å². The molecule has 0 saturated carbocycles. The molecule has 3 aliphatic rings. The SMILES string of the molecule is CN/C=C(\C=N)c1cc2c(cc1C(F)F)N(PC1=C(NC3CCN(CC(=O)O)CC3)CCN(C(C)=O)C1)CCC2. The second-order valence-corrected chi connectivity index (χ2v) is 11.9. The van der Waals surface area contributed by atoms with Gasteiger partial charge in [-0.15, -0.1) is 0 Å². The average molecular weight is 577 g/mol. The van der Waals surface area contributed by atoms with Crippen molar-refractivity contribution in [1.29, 1.82) is 5.41 Å². The Balaban J connectivity index is 1.60. The van der Waals surface area contributed by atoms with Crippen LogP contribution in [-0.4, -0.2) is 85.4 Å². The van der Waals surface area contributed by atoms with Gasteiger partial charge in [0.15, 0.2) is 0 Å². The topological polar surface area (TPSA) is 112 Å². The van der Waals surface area contributed by atoms with Gasteiger partial charge in [-0.25, -0.2) is 8.78 Å². The molecule has 3 aliphatic heterocycles. The molecule has 218 valence electrons. The molecule has 1 unspecified atom stereocenters. The number of carbonyl (C=O) groups is 2. The van der Waals surface area contributed by atoms with Crippen LogP contribution in [0, 0.1) is 5.41 Å². The van der Waals surface area contributed by atoms with Crippen LogP contribution < -0.4 is 15.3 Å². The zero-order valence-electron chi connectivity index (χ0n) is 23.1. The lowest BCUT2D eigenvalue weighted by Gasteiger charge is -2.38. The summed E-state index contributed by atoms with van der Waals surface area (Å²) in [7, 11) is 1.88. The maximum Gasteiger partial charge on any atom is 0.317 e. The van der Waals surface area contributed by atoms with E-state index in [1.807, 2.05) is 15.9 Å². The summed E-state index contributed by atoms with van der Waals surface area (Å²) < 4.78 is 30.7. The molecule has 1 atom stereocenters. The van der Waals surface area contributed by atoms with Gasteiger partial charge in [-0.1, -0.05) is 0 Å². The molecule has 12 heteroatoms. The van der Waals surface area contributed by atoms with Gasteiger partial charge in [0.25, 0.3) is 6.43 Å². The molecular formula is C28H39F2N6O3P. The Morgan fingerprint density at radius 1 is 1.20 bits per heavy atom. The number of amides is 1. The second kappa shape index (κ2) is 13.5. The summed E-state index contributed by atoms with van der Waals surface area (Å²) in [4.78, 5) is 27.1. The number of halogens is 2. The number of aliphatic carboxylic acids is 1. The predicted octanol–water partition coefficient (Wildman–Crippen LogP) is 3.78. The van der Waals surface area contributed by atoms with Gasteiger partial charge in [-0.05, 0) is 48.9 Å². The van der Waals surface area contributed by atoms with Gasteiger partial charge in [0.2, 0.25) is 5.91 Å². The number of benzene rings is 1. The molecule has 0 aliphatic carbocycles. The first-order chi connectivity index (χ1) is 19.2. The van der Waals surface area contributed by atoms with Gasteiger partial charge in [0.05, 0.1) is 6.54 Å². The smallest absolute Gasteiger partial charge is 0.317 e. The Bertz CT molecular complexity index is 1180. The van der Waals surface area contributed by atoms with E-state index in [-0.39, 0.29) is 32.8 Å². The number of rotatable bonds is 10. The van der Waals surface area contributed by atoms with Gasteiger partial charge in [0, 0.05) is 108 Å². The van der Waals surface area contributed by atoms with Crippen LogP contribution in [0.4, 0.5) is 14.5 Å². The van der Waals surface area contributed by atoms with Gasteiger partial charge in [0.1, 0.15) is 0 Å². The van der Waals surface area contributed by atoms with Crippen molar-refractivity contribution in [1.82, 2.24) is 20.4 Å². The van der Waals surface area contributed by atoms with Crippen LogP contribution in [0.25, 0.3) is 5.57 Å². The van der Waals surface area contributed by atoms with E-state index in [0.29, 0.717) is 43.7 Å². The number of alkyl halides is 2. The van der Waals surface area contributed by atoms with Crippen molar-refractivity contribution in [3.8, 4) is 0 Å². The minimum Gasteiger partial charge on any atom is -0.480 e. The summed E-state index contributed by atoms with van der Waals surface area (Å²) >= 11 is 0.